The molecule has 0 bridgehead atoms. The summed E-state index contributed by atoms with van der Waals surface area (Å²) < 4.78 is 0. The Labute approximate surface area is 94.5 Å². The summed E-state index contributed by atoms with van der Waals surface area (Å²) in [5.41, 5.74) is 3.28. The number of aromatic nitrogens is 2. The molecule has 1 aromatic heterocycles. The third-order valence-corrected chi connectivity index (χ3v) is 2.54. The van der Waals surface area contributed by atoms with Gasteiger partial charge in [-0.15, -0.1) is 0 Å². The first-order chi connectivity index (χ1) is 7.79. The Morgan fingerprint density at radius 2 is 2.38 bits per heavy atom. The number of benzene rings is 1. The smallest absolute Gasteiger partial charge is 0.0931 e. The molecule has 2 rings (SSSR count). The van der Waals surface area contributed by atoms with E-state index in [1.165, 1.54) is 5.56 Å². The Balaban J connectivity index is 2.06. The predicted octanol–water partition coefficient (Wildman–Crippen LogP) is 1.91. The van der Waals surface area contributed by atoms with E-state index in [4.69, 9.17) is 5.26 Å². The number of imidazole rings is 1. The van der Waals surface area contributed by atoms with Crippen LogP contribution in [-0.4, -0.2) is 28.5 Å². The zero-order valence-corrected chi connectivity index (χ0v) is 9.27. The fraction of sp³-hybridized carbons (Fsp3) is 0.333. The van der Waals surface area contributed by atoms with Crippen LogP contribution in [0.2, 0.25) is 0 Å². The van der Waals surface area contributed by atoms with Crippen LogP contribution in [0.15, 0.2) is 24.5 Å². The Hall–Kier alpha value is -1.86. The first kappa shape index (κ1) is 10.7. The summed E-state index contributed by atoms with van der Waals surface area (Å²) in [5.74, 6) is 0. The minimum absolute atomic E-state index is 0.572. The van der Waals surface area contributed by atoms with Gasteiger partial charge in [0.15, 0.2) is 0 Å². The van der Waals surface area contributed by atoms with Crippen LogP contribution in [0.25, 0.3) is 11.0 Å². The summed E-state index contributed by atoms with van der Waals surface area (Å²) in [6.07, 6.45) is 2.27. The second-order valence-corrected chi connectivity index (χ2v) is 3.90. The highest BCUT2D eigenvalue weighted by atomic mass is 15.1. The second kappa shape index (κ2) is 4.77. The molecule has 0 spiro atoms. The lowest BCUT2D eigenvalue weighted by Crippen LogP contribution is -2.18. The van der Waals surface area contributed by atoms with Crippen LogP contribution in [-0.2, 0) is 6.54 Å². The standard InChI is InChI=1S/C12H14N4/c1-16(6-2-5-13)8-10-3-4-11-12(7-10)15-9-14-11/h3-4,7,9H,2,6,8H2,1H3,(H,14,15). The maximum Gasteiger partial charge on any atom is 0.0931 e. The molecule has 0 radical (unpaired) electrons. The fourth-order valence-electron chi connectivity index (χ4n) is 1.71. The van der Waals surface area contributed by atoms with E-state index in [-0.39, 0.29) is 0 Å². The topological polar surface area (TPSA) is 55.7 Å². The maximum atomic E-state index is 8.50. The van der Waals surface area contributed by atoms with Crippen molar-refractivity contribution < 1.29 is 0 Å². The number of rotatable bonds is 4. The van der Waals surface area contributed by atoms with Crippen LogP contribution in [0, 0.1) is 11.3 Å². The van der Waals surface area contributed by atoms with Crippen LogP contribution in [0.3, 0.4) is 0 Å². The fourth-order valence-corrected chi connectivity index (χ4v) is 1.71. The lowest BCUT2D eigenvalue weighted by Gasteiger charge is -2.14. The summed E-state index contributed by atoms with van der Waals surface area (Å²) in [6, 6.07) is 8.34. The van der Waals surface area contributed by atoms with Crippen molar-refractivity contribution in [3.63, 3.8) is 0 Å². The van der Waals surface area contributed by atoms with E-state index in [9.17, 15) is 0 Å². The average Bonchev–Trinajstić information content (AvgIpc) is 2.73. The van der Waals surface area contributed by atoms with Gasteiger partial charge in [0.1, 0.15) is 0 Å². The van der Waals surface area contributed by atoms with Crippen molar-refractivity contribution in [1.29, 1.82) is 5.26 Å². The van der Waals surface area contributed by atoms with Gasteiger partial charge in [-0.05, 0) is 24.7 Å². The summed E-state index contributed by atoms with van der Waals surface area (Å²) in [7, 11) is 2.02. The zero-order chi connectivity index (χ0) is 11.4. The van der Waals surface area contributed by atoms with Crippen molar-refractivity contribution in [2.24, 2.45) is 0 Å². The van der Waals surface area contributed by atoms with E-state index in [1.807, 2.05) is 13.1 Å². The number of fused-ring (bicyclic) bond motifs is 1. The molecule has 1 N–H and O–H groups in total. The number of nitrogens with one attached hydrogen (secondary N) is 1. The molecule has 2 aromatic rings. The van der Waals surface area contributed by atoms with Crippen molar-refractivity contribution in [1.82, 2.24) is 14.9 Å². The lowest BCUT2D eigenvalue weighted by molar-refractivity contribution is 0.335. The number of hydrogen-bond donors (Lipinski definition) is 1. The molecule has 0 aliphatic heterocycles. The molecular formula is C12H14N4. The molecule has 4 heteroatoms. The first-order valence-electron chi connectivity index (χ1n) is 5.27. The summed E-state index contributed by atoms with van der Waals surface area (Å²) >= 11 is 0. The van der Waals surface area contributed by atoms with Crippen molar-refractivity contribution >= 4 is 11.0 Å². The molecule has 0 aliphatic rings. The van der Waals surface area contributed by atoms with Crippen molar-refractivity contribution in [2.45, 2.75) is 13.0 Å². The van der Waals surface area contributed by atoms with Gasteiger partial charge >= 0.3 is 0 Å². The molecule has 0 aliphatic carbocycles. The van der Waals surface area contributed by atoms with E-state index in [0.717, 1.165) is 24.1 Å². The average molecular weight is 214 g/mol. The van der Waals surface area contributed by atoms with E-state index >= 15 is 0 Å². The normalized spacial score (nSPS) is 10.8. The molecule has 0 amide bonds. The van der Waals surface area contributed by atoms with Crippen LogP contribution in [0.4, 0.5) is 0 Å². The molecule has 0 unspecified atom stereocenters. The SMILES string of the molecule is CN(CCC#N)Cc1ccc2nc[nH]c2c1. The molecule has 0 fully saturated rings. The highest BCUT2D eigenvalue weighted by Gasteiger charge is 2.02. The first-order valence-corrected chi connectivity index (χ1v) is 5.27. The van der Waals surface area contributed by atoms with Gasteiger partial charge in [0.2, 0.25) is 0 Å². The van der Waals surface area contributed by atoms with E-state index < -0.39 is 0 Å². The summed E-state index contributed by atoms with van der Waals surface area (Å²) in [5, 5.41) is 8.50. The maximum absolute atomic E-state index is 8.50. The van der Waals surface area contributed by atoms with Gasteiger partial charge in [0, 0.05) is 19.5 Å². The Morgan fingerprint density at radius 3 is 3.19 bits per heavy atom. The minimum atomic E-state index is 0.572. The zero-order valence-electron chi connectivity index (χ0n) is 9.27. The number of aromatic amines is 1. The Morgan fingerprint density at radius 1 is 1.50 bits per heavy atom. The number of nitriles is 1. The van der Waals surface area contributed by atoms with Crippen LogP contribution in [0.1, 0.15) is 12.0 Å². The van der Waals surface area contributed by atoms with E-state index in [1.54, 1.807) is 6.33 Å². The summed E-state index contributed by atoms with van der Waals surface area (Å²) in [4.78, 5) is 9.41. The Kier molecular flexibility index (Phi) is 3.18. The van der Waals surface area contributed by atoms with Crippen molar-refractivity contribution in [3.05, 3.63) is 30.1 Å². The van der Waals surface area contributed by atoms with Gasteiger partial charge < -0.3 is 9.88 Å². The van der Waals surface area contributed by atoms with Crippen LogP contribution in [0.5, 0.6) is 0 Å². The number of hydrogen-bond acceptors (Lipinski definition) is 3. The highest BCUT2D eigenvalue weighted by Crippen LogP contribution is 2.12. The third kappa shape index (κ3) is 2.38. The van der Waals surface area contributed by atoms with Gasteiger partial charge in [0.05, 0.1) is 23.4 Å². The van der Waals surface area contributed by atoms with Gasteiger partial charge in [0.25, 0.3) is 0 Å². The van der Waals surface area contributed by atoms with Gasteiger partial charge in [-0.25, -0.2) is 4.98 Å². The third-order valence-electron chi connectivity index (χ3n) is 2.54. The van der Waals surface area contributed by atoms with E-state index in [0.29, 0.717) is 6.42 Å². The molecule has 0 saturated carbocycles. The van der Waals surface area contributed by atoms with Crippen molar-refractivity contribution in [3.8, 4) is 6.07 Å². The van der Waals surface area contributed by atoms with Gasteiger partial charge in [-0.1, -0.05) is 6.07 Å². The molecule has 0 atom stereocenters. The summed E-state index contributed by atoms with van der Waals surface area (Å²) in [6.45, 7) is 1.66. The van der Waals surface area contributed by atoms with Crippen molar-refractivity contribution in [2.75, 3.05) is 13.6 Å². The second-order valence-electron chi connectivity index (χ2n) is 3.90. The minimum Gasteiger partial charge on any atom is -0.345 e. The lowest BCUT2D eigenvalue weighted by atomic mass is 10.2. The molecule has 4 nitrogen and oxygen atoms in total. The van der Waals surface area contributed by atoms with E-state index in [2.05, 4.69) is 33.1 Å². The molecule has 0 saturated heterocycles. The number of H-pyrrole nitrogens is 1. The largest absolute Gasteiger partial charge is 0.345 e. The molecule has 82 valence electrons. The molecule has 1 heterocycles. The predicted molar refractivity (Wildman–Crippen MR) is 62.7 cm³/mol. The van der Waals surface area contributed by atoms with Gasteiger partial charge in [-0.3, -0.25) is 0 Å². The Bertz CT molecular complexity index is 509. The van der Waals surface area contributed by atoms with Gasteiger partial charge in [-0.2, -0.15) is 5.26 Å². The van der Waals surface area contributed by atoms with Crippen LogP contribution >= 0.6 is 0 Å². The van der Waals surface area contributed by atoms with Crippen LogP contribution < -0.4 is 0 Å². The molecule has 16 heavy (non-hydrogen) atoms. The molecule has 1 aromatic carbocycles. The monoisotopic (exact) mass is 214 g/mol. The highest BCUT2D eigenvalue weighted by molar-refractivity contribution is 5.74. The quantitative estimate of drug-likeness (QED) is 0.845. The molecular weight excluding hydrogens is 200 g/mol. The number of nitrogens with zero attached hydrogens (tertiary/aromatic N) is 3.